The van der Waals surface area contributed by atoms with E-state index in [1.54, 1.807) is 6.20 Å². The van der Waals surface area contributed by atoms with Crippen LogP contribution in [0.1, 0.15) is 11.1 Å². The van der Waals surface area contributed by atoms with E-state index in [2.05, 4.69) is 10.3 Å². The lowest BCUT2D eigenvalue weighted by atomic mass is 10.1. The van der Waals surface area contributed by atoms with Crippen LogP contribution in [0.2, 0.25) is 5.02 Å². The Morgan fingerprint density at radius 1 is 1.16 bits per heavy atom. The second-order valence-corrected chi connectivity index (χ2v) is 5.83. The number of carbonyl (C=O) groups is 1. The number of benzene rings is 2. The summed E-state index contributed by atoms with van der Waals surface area (Å²) in [6, 6.07) is 7.26. The van der Waals surface area contributed by atoms with Crippen molar-refractivity contribution in [2.24, 2.45) is 0 Å². The Hall–Kier alpha value is -2.54. The van der Waals surface area contributed by atoms with Crippen LogP contribution in [0.3, 0.4) is 0 Å². The van der Waals surface area contributed by atoms with Crippen LogP contribution in [0.25, 0.3) is 10.9 Å². The maximum atomic E-state index is 13.2. The molecule has 0 saturated carbocycles. The average molecular weight is 371 g/mol. The van der Waals surface area contributed by atoms with Crippen LogP contribution in [-0.2, 0) is 17.4 Å². The molecule has 0 radical (unpaired) electrons. The van der Waals surface area contributed by atoms with Gasteiger partial charge >= 0.3 is 6.18 Å². The summed E-state index contributed by atoms with van der Waals surface area (Å²) in [4.78, 5) is 15.0. The third-order valence-corrected chi connectivity index (χ3v) is 3.97. The molecule has 3 aromatic rings. The molecule has 0 spiro atoms. The largest absolute Gasteiger partial charge is 0.417 e. The van der Waals surface area contributed by atoms with E-state index in [-0.39, 0.29) is 12.1 Å². The Morgan fingerprint density at radius 2 is 1.92 bits per heavy atom. The number of amides is 1. The topological polar surface area (TPSA) is 44.9 Å². The highest BCUT2D eigenvalue weighted by Crippen LogP contribution is 2.36. The number of anilines is 1. The molecule has 8 heteroatoms. The minimum absolute atomic E-state index is 0.00684. The number of aromatic nitrogens is 1. The molecule has 1 amide bonds. The lowest BCUT2D eigenvalue weighted by Gasteiger charge is -2.11. The smallest absolute Gasteiger partial charge is 0.361 e. The van der Waals surface area contributed by atoms with Gasteiger partial charge in [-0.15, -0.1) is 0 Å². The minimum atomic E-state index is -4.61. The molecule has 1 heterocycles. The minimum Gasteiger partial charge on any atom is -0.361 e. The Balaban J connectivity index is 1.78. The van der Waals surface area contributed by atoms with Crippen molar-refractivity contribution in [2.45, 2.75) is 12.6 Å². The zero-order chi connectivity index (χ0) is 18.2. The van der Waals surface area contributed by atoms with E-state index in [0.29, 0.717) is 16.5 Å². The number of aromatic amines is 1. The number of rotatable bonds is 3. The fourth-order valence-electron chi connectivity index (χ4n) is 2.50. The number of H-pyrrole nitrogens is 1. The van der Waals surface area contributed by atoms with Gasteiger partial charge in [0.2, 0.25) is 5.91 Å². The monoisotopic (exact) mass is 370 g/mol. The van der Waals surface area contributed by atoms with E-state index < -0.39 is 28.5 Å². The van der Waals surface area contributed by atoms with Gasteiger partial charge in [0.1, 0.15) is 5.82 Å². The standard InChI is InChI=1S/C17H11ClF4N2O/c18-14-4-2-11(7-13(14)17(20,21)22)24-16(25)5-9-8-23-15-6-10(19)1-3-12(9)15/h1-4,6-8,23H,5H2,(H,24,25). The van der Waals surface area contributed by atoms with Crippen molar-refractivity contribution in [2.75, 3.05) is 5.32 Å². The highest BCUT2D eigenvalue weighted by Gasteiger charge is 2.33. The molecule has 0 fully saturated rings. The number of alkyl halides is 3. The number of nitrogens with one attached hydrogen (secondary N) is 2. The van der Waals surface area contributed by atoms with Gasteiger partial charge in [0, 0.05) is 22.8 Å². The van der Waals surface area contributed by atoms with Crippen molar-refractivity contribution in [3.63, 3.8) is 0 Å². The Morgan fingerprint density at radius 3 is 2.64 bits per heavy atom. The van der Waals surface area contributed by atoms with Crippen LogP contribution < -0.4 is 5.32 Å². The van der Waals surface area contributed by atoms with Crippen molar-refractivity contribution in [3.05, 3.63) is 64.6 Å². The van der Waals surface area contributed by atoms with E-state index in [9.17, 15) is 22.4 Å². The van der Waals surface area contributed by atoms with Gasteiger partial charge in [0.25, 0.3) is 0 Å². The van der Waals surface area contributed by atoms with Crippen LogP contribution in [0.5, 0.6) is 0 Å². The molecular formula is C17H11ClF4N2O. The summed E-state index contributed by atoms with van der Waals surface area (Å²) >= 11 is 5.54. The first-order valence-electron chi connectivity index (χ1n) is 7.16. The van der Waals surface area contributed by atoms with Gasteiger partial charge in [-0.1, -0.05) is 11.6 Å². The molecule has 130 valence electrons. The first-order valence-corrected chi connectivity index (χ1v) is 7.54. The van der Waals surface area contributed by atoms with E-state index in [1.807, 2.05) is 0 Å². The van der Waals surface area contributed by atoms with Crippen LogP contribution in [0.15, 0.2) is 42.6 Å². The van der Waals surface area contributed by atoms with E-state index in [1.165, 1.54) is 24.3 Å². The zero-order valence-corrected chi connectivity index (χ0v) is 13.3. The highest BCUT2D eigenvalue weighted by molar-refractivity contribution is 6.31. The second-order valence-electron chi connectivity index (χ2n) is 5.42. The predicted molar refractivity (Wildman–Crippen MR) is 87.0 cm³/mol. The van der Waals surface area contributed by atoms with Gasteiger partial charge in [-0.2, -0.15) is 13.2 Å². The lowest BCUT2D eigenvalue weighted by molar-refractivity contribution is -0.137. The molecule has 0 aliphatic carbocycles. The number of halogens is 5. The molecule has 2 N–H and O–H groups in total. The normalized spacial score (nSPS) is 11.7. The molecule has 0 bridgehead atoms. The summed E-state index contributed by atoms with van der Waals surface area (Å²) in [6.45, 7) is 0. The van der Waals surface area contributed by atoms with Crippen molar-refractivity contribution in [1.82, 2.24) is 4.98 Å². The molecule has 0 unspecified atom stereocenters. The molecule has 1 aromatic heterocycles. The van der Waals surface area contributed by atoms with Gasteiger partial charge < -0.3 is 10.3 Å². The first-order chi connectivity index (χ1) is 11.7. The molecule has 0 aliphatic heterocycles. The molecule has 0 atom stereocenters. The number of carbonyl (C=O) groups excluding carboxylic acids is 1. The molecule has 3 rings (SSSR count). The molecule has 0 aliphatic rings. The Bertz CT molecular complexity index is 949. The Labute approximate surface area is 144 Å². The summed E-state index contributed by atoms with van der Waals surface area (Å²) in [5, 5.41) is 2.64. The van der Waals surface area contributed by atoms with Gasteiger partial charge in [-0.3, -0.25) is 4.79 Å². The summed E-state index contributed by atoms with van der Waals surface area (Å²) in [5.41, 5.74) is 0.119. The van der Waals surface area contributed by atoms with Gasteiger partial charge in [-0.25, -0.2) is 4.39 Å². The highest BCUT2D eigenvalue weighted by atomic mass is 35.5. The summed E-state index contributed by atoms with van der Waals surface area (Å²) < 4.78 is 51.7. The number of fused-ring (bicyclic) bond motifs is 1. The molecular weight excluding hydrogens is 360 g/mol. The number of hydrogen-bond donors (Lipinski definition) is 2. The van der Waals surface area contributed by atoms with E-state index >= 15 is 0 Å². The Kier molecular flexibility index (Phi) is 4.43. The fourth-order valence-corrected chi connectivity index (χ4v) is 2.73. The fraction of sp³-hybridized carbons (Fsp3) is 0.118. The van der Waals surface area contributed by atoms with Crippen molar-refractivity contribution >= 4 is 34.1 Å². The molecule has 25 heavy (non-hydrogen) atoms. The van der Waals surface area contributed by atoms with E-state index in [4.69, 9.17) is 11.6 Å². The quantitative estimate of drug-likeness (QED) is 0.614. The van der Waals surface area contributed by atoms with Crippen molar-refractivity contribution in [3.8, 4) is 0 Å². The maximum Gasteiger partial charge on any atom is 0.417 e. The SMILES string of the molecule is O=C(Cc1c[nH]c2cc(F)ccc12)Nc1ccc(Cl)c(C(F)(F)F)c1. The van der Waals surface area contributed by atoms with E-state index in [0.717, 1.165) is 12.1 Å². The molecule has 2 aromatic carbocycles. The van der Waals surface area contributed by atoms with Crippen LogP contribution >= 0.6 is 11.6 Å². The lowest BCUT2D eigenvalue weighted by Crippen LogP contribution is -2.15. The van der Waals surface area contributed by atoms with Crippen molar-refractivity contribution in [1.29, 1.82) is 0 Å². The summed E-state index contributed by atoms with van der Waals surface area (Å²) in [5.74, 6) is -0.910. The molecule has 0 saturated heterocycles. The second kappa shape index (κ2) is 6.40. The van der Waals surface area contributed by atoms with Crippen LogP contribution in [-0.4, -0.2) is 10.9 Å². The summed E-state index contributed by atoms with van der Waals surface area (Å²) in [7, 11) is 0. The number of hydrogen-bond acceptors (Lipinski definition) is 1. The van der Waals surface area contributed by atoms with Gasteiger partial charge in [0.05, 0.1) is 17.0 Å². The van der Waals surface area contributed by atoms with Gasteiger partial charge in [0.15, 0.2) is 0 Å². The third-order valence-electron chi connectivity index (χ3n) is 3.64. The summed E-state index contributed by atoms with van der Waals surface area (Å²) in [6.07, 6.45) is -3.12. The van der Waals surface area contributed by atoms with Gasteiger partial charge in [-0.05, 0) is 42.0 Å². The average Bonchev–Trinajstić information content (AvgIpc) is 2.90. The van der Waals surface area contributed by atoms with Crippen LogP contribution in [0.4, 0.5) is 23.2 Å². The zero-order valence-electron chi connectivity index (χ0n) is 12.5. The predicted octanol–water partition coefficient (Wildman–Crippen LogP) is 5.16. The van der Waals surface area contributed by atoms with Crippen molar-refractivity contribution < 1.29 is 22.4 Å². The third kappa shape index (κ3) is 3.76. The molecule has 3 nitrogen and oxygen atoms in total. The maximum absolute atomic E-state index is 13.2. The first kappa shape index (κ1) is 17.3. The van der Waals surface area contributed by atoms with Crippen LogP contribution in [0, 0.1) is 5.82 Å².